The van der Waals surface area contributed by atoms with Crippen LogP contribution >= 0.6 is 0 Å². The molecule has 0 aliphatic carbocycles. The Hall–Kier alpha value is -6.86. The van der Waals surface area contributed by atoms with E-state index in [1.807, 2.05) is 114 Å². The fourth-order valence-corrected chi connectivity index (χ4v) is 8.48. The van der Waals surface area contributed by atoms with Crippen LogP contribution in [0.3, 0.4) is 0 Å². The Bertz CT molecular complexity index is 2480. The SMILES string of the molecule is CC(=O)N1CCN(C(=O)Cc2ccccc2)C(c2ncc(-c3ccc(-c4ccc(-c5cnc(C6CN(C(C)=O)CCN6C(=O)[C@@H](c6ccccc6)N(C)C)[nH]5)cc4)cc3)[nH]2)C1. The smallest absolute Gasteiger partial charge is 0.245 e. The van der Waals surface area contributed by atoms with E-state index < -0.39 is 12.1 Å². The summed E-state index contributed by atoms with van der Waals surface area (Å²) in [5.41, 5.74) is 7.47. The van der Waals surface area contributed by atoms with Gasteiger partial charge >= 0.3 is 0 Å². The van der Waals surface area contributed by atoms with Gasteiger partial charge in [0.25, 0.3) is 0 Å². The number of nitrogens with zero attached hydrogens (tertiary/aromatic N) is 7. The van der Waals surface area contributed by atoms with Crippen LogP contribution in [0.15, 0.2) is 122 Å². The zero-order chi connectivity index (χ0) is 42.6. The zero-order valence-electron chi connectivity index (χ0n) is 35.0. The topological polar surface area (TPSA) is 142 Å². The van der Waals surface area contributed by atoms with E-state index >= 15 is 0 Å². The molecule has 2 aliphatic heterocycles. The first-order chi connectivity index (χ1) is 29.5. The number of benzene rings is 4. The molecular formula is C48H51N9O4. The fourth-order valence-electron chi connectivity index (χ4n) is 8.48. The lowest BCUT2D eigenvalue weighted by molar-refractivity contribution is -0.146. The van der Waals surface area contributed by atoms with Crippen LogP contribution in [0, 0.1) is 0 Å². The second-order valence-electron chi connectivity index (χ2n) is 16.0. The van der Waals surface area contributed by atoms with E-state index in [2.05, 4.69) is 34.2 Å². The van der Waals surface area contributed by atoms with E-state index in [0.29, 0.717) is 50.9 Å². The van der Waals surface area contributed by atoms with E-state index in [0.717, 1.165) is 44.8 Å². The van der Waals surface area contributed by atoms with Gasteiger partial charge in [-0.2, -0.15) is 0 Å². The molecule has 13 heteroatoms. The number of amides is 4. The number of hydrogen-bond acceptors (Lipinski definition) is 7. The van der Waals surface area contributed by atoms with Crippen molar-refractivity contribution in [1.29, 1.82) is 0 Å². The van der Waals surface area contributed by atoms with Crippen LogP contribution in [0.1, 0.15) is 54.7 Å². The van der Waals surface area contributed by atoms with Gasteiger partial charge in [0.05, 0.1) is 30.2 Å². The maximum atomic E-state index is 14.2. The minimum atomic E-state index is -0.476. The van der Waals surface area contributed by atoms with Gasteiger partial charge in [0.2, 0.25) is 23.6 Å². The number of likely N-dealkylation sites (N-methyl/N-ethyl adjacent to an activating group) is 1. The average Bonchev–Trinajstić information content (AvgIpc) is 3.98. The Morgan fingerprint density at radius 2 is 1.05 bits per heavy atom. The third-order valence-electron chi connectivity index (χ3n) is 11.9. The summed E-state index contributed by atoms with van der Waals surface area (Å²) >= 11 is 0. The number of carbonyl (C=O) groups excluding carboxylic acids is 4. The molecular weight excluding hydrogens is 767 g/mol. The molecule has 2 aromatic heterocycles. The van der Waals surface area contributed by atoms with E-state index in [1.54, 1.807) is 36.0 Å². The van der Waals surface area contributed by atoms with E-state index in [9.17, 15) is 19.2 Å². The van der Waals surface area contributed by atoms with Gasteiger partial charge in [-0.15, -0.1) is 0 Å². The second-order valence-corrected chi connectivity index (χ2v) is 16.0. The van der Waals surface area contributed by atoms with Crippen LogP contribution in [-0.2, 0) is 25.6 Å². The molecule has 4 aromatic carbocycles. The molecule has 0 bridgehead atoms. The molecule has 2 unspecified atom stereocenters. The molecule has 312 valence electrons. The molecule has 6 aromatic rings. The summed E-state index contributed by atoms with van der Waals surface area (Å²) in [6.45, 7) is 5.64. The van der Waals surface area contributed by atoms with Crippen LogP contribution in [0.25, 0.3) is 33.6 Å². The van der Waals surface area contributed by atoms with Crippen molar-refractivity contribution in [3.63, 3.8) is 0 Å². The lowest BCUT2D eigenvalue weighted by atomic mass is 10.0. The maximum Gasteiger partial charge on any atom is 0.245 e. The number of hydrogen-bond donors (Lipinski definition) is 2. The normalized spacial score (nSPS) is 17.4. The maximum absolute atomic E-state index is 14.2. The Morgan fingerprint density at radius 3 is 1.52 bits per heavy atom. The minimum absolute atomic E-state index is 0.00175. The van der Waals surface area contributed by atoms with Gasteiger partial charge in [-0.25, -0.2) is 9.97 Å². The quantitative estimate of drug-likeness (QED) is 0.169. The summed E-state index contributed by atoms with van der Waals surface area (Å²) in [6, 6.07) is 34.6. The highest BCUT2D eigenvalue weighted by Crippen LogP contribution is 2.33. The number of aromatic nitrogens is 4. The summed E-state index contributed by atoms with van der Waals surface area (Å²) in [6.07, 6.45) is 3.86. The molecule has 0 radical (unpaired) electrons. The van der Waals surface area contributed by atoms with Crippen molar-refractivity contribution in [3.8, 4) is 33.6 Å². The number of carbonyl (C=O) groups is 4. The molecule has 13 nitrogen and oxygen atoms in total. The fraction of sp³-hybridized carbons (Fsp3) is 0.292. The summed E-state index contributed by atoms with van der Waals surface area (Å²) in [5.74, 6) is 1.19. The predicted octanol–water partition coefficient (Wildman–Crippen LogP) is 6.14. The number of piperazine rings is 2. The second kappa shape index (κ2) is 17.8. The third-order valence-corrected chi connectivity index (χ3v) is 11.9. The number of nitrogens with one attached hydrogen (secondary N) is 2. The molecule has 61 heavy (non-hydrogen) atoms. The molecule has 0 spiro atoms. The van der Waals surface area contributed by atoms with Crippen molar-refractivity contribution in [2.75, 3.05) is 53.4 Å². The van der Waals surface area contributed by atoms with Crippen molar-refractivity contribution in [2.24, 2.45) is 0 Å². The average molecular weight is 818 g/mol. The molecule has 4 amide bonds. The summed E-state index contributed by atoms with van der Waals surface area (Å²) in [4.78, 5) is 78.3. The molecule has 2 N–H and O–H groups in total. The number of H-pyrrole nitrogens is 2. The summed E-state index contributed by atoms with van der Waals surface area (Å²) in [7, 11) is 3.81. The van der Waals surface area contributed by atoms with Gasteiger partial charge in [-0.1, -0.05) is 109 Å². The van der Waals surface area contributed by atoms with Gasteiger partial charge in [-0.05, 0) is 47.5 Å². The first-order valence-electron chi connectivity index (χ1n) is 20.7. The van der Waals surface area contributed by atoms with Crippen LogP contribution in [-0.4, -0.2) is 121 Å². The van der Waals surface area contributed by atoms with Crippen molar-refractivity contribution < 1.29 is 19.2 Å². The third kappa shape index (κ3) is 8.87. The Kier molecular flexibility index (Phi) is 11.9. The van der Waals surface area contributed by atoms with E-state index in [4.69, 9.17) is 9.97 Å². The first-order valence-corrected chi connectivity index (χ1v) is 20.7. The van der Waals surface area contributed by atoms with Crippen LogP contribution < -0.4 is 0 Å². The van der Waals surface area contributed by atoms with Crippen molar-refractivity contribution in [2.45, 2.75) is 38.4 Å². The molecule has 2 saturated heterocycles. The molecule has 0 saturated carbocycles. The summed E-state index contributed by atoms with van der Waals surface area (Å²) in [5, 5.41) is 0. The number of rotatable bonds is 10. The van der Waals surface area contributed by atoms with E-state index in [-0.39, 0.29) is 36.1 Å². The Labute approximate surface area is 356 Å². The van der Waals surface area contributed by atoms with Gasteiger partial charge in [0.15, 0.2) is 0 Å². The van der Waals surface area contributed by atoms with Crippen molar-refractivity contribution in [3.05, 3.63) is 144 Å². The largest absolute Gasteiger partial charge is 0.340 e. The Morgan fingerprint density at radius 1 is 0.607 bits per heavy atom. The van der Waals surface area contributed by atoms with E-state index in [1.165, 1.54) is 0 Å². The Balaban J connectivity index is 0.969. The van der Waals surface area contributed by atoms with Gasteiger partial charge in [0.1, 0.15) is 29.8 Å². The van der Waals surface area contributed by atoms with Crippen LogP contribution in [0.4, 0.5) is 0 Å². The monoisotopic (exact) mass is 817 g/mol. The molecule has 2 aliphatic rings. The molecule has 2 fully saturated rings. The standard InChI is InChI=1S/C48H51N9O4/c1-32(58)54-23-25-56(44(60)27-34-11-7-5-8-12-34)42(30-54)46-49-28-40(51-46)37-19-15-35(16-20-37)36-17-21-38(22-18-36)41-29-50-47(52-41)43-31-55(33(2)59)24-26-57(43)48(61)45(53(3)4)39-13-9-6-10-14-39/h5-22,28-29,42-43,45H,23-27,30-31H2,1-4H3,(H,49,51)(H,50,52)/t42?,43?,45-/m1/s1. The number of aromatic amines is 2. The molecule has 3 atom stereocenters. The van der Waals surface area contributed by atoms with Gasteiger partial charge in [-0.3, -0.25) is 24.1 Å². The predicted molar refractivity (Wildman–Crippen MR) is 233 cm³/mol. The zero-order valence-corrected chi connectivity index (χ0v) is 35.0. The highest BCUT2D eigenvalue weighted by molar-refractivity contribution is 5.84. The van der Waals surface area contributed by atoms with Gasteiger partial charge in [0, 0.05) is 53.1 Å². The molecule has 8 rings (SSSR count). The molecule has 4 heterocycles. The lowest BCUT2D eigenvalue weighted by Gasteiger charge is -2.42. The van der Waals surface area contributed by atoms with Crippen molar-refractivity contribution >= 4 is 23.6 Å². The van der Waals surface area contributed by atoms with Crippen LogP contribution in [0.5, 0.6) is 0 Å². The van der Waals surface area contributed by atoms with Crippen molar-refractivity contribution in [1.82, 2.24) is 44.4 Å². The van der Waals surface area contributed by atoms with Crippen LogP contribution in [0.2, 0.25) is 0 Å². The highest BCUT2D eigenvalue weighted by Gasteiger charge is 2.39. The number of imidazole rings is 2. The van der Waals surface area contributed by atoms with Gasteiger partial charge < -0.3 is 29.6 Å². The lowest BCUT2D eigenvalue weighted by Crippen LogP contribution is -2.54. The first kappa shape index (κ1) is 40.9. The highest BCUT2D eigenvalue weighted by atomic mass is 16.2. The summed E-state index contributed by atoms with van der Waals surface area (Å²) < 4.78 is 0. The minimum Gasteiger partial charge on any atom is -0.340 e.